The van der Waals surface area contributed by atoms with Crippen molar-refractivity contribution in [2.24, 2.45) is 0 Å². The number of carboxylic acid groups (broad SMARTS) is 1. The van der Waals surface area contributed by atoms with Gasteiger partial charge >= 0.3 is 5.97 Å². The van der Waals surface area contributed by atoms with Crippen molar-refractivity contribution in [3.05, 3.63) is 0 Å². The minimum Gasteiger partial charge on any atom is -0.480 e. The van der Waals surface area contributed by atoms with Gasteiger partial charge in [0.05, 0.1) is 6.10 Å². The molecule has 0 aromatic carbocycles. The van der Waals surface area contributed by atoms with Crippen molar-refractivity contribution in [3.8, 4) is 0 Å². The summed E-state index contributed by atoms with van der Waals surface area (Å²) in [4.78, 5) is 11.2. The lowest BCUT2D eigenvalue weighted by molar-refractivity contribution is -0.139. The highest BCUT2D eigenvalue weighted by atomic mass is 28.4. The molecule has 0 aliphatic carbocycles. The SMILES string of the molecule is C[C@H](O[Si](C)(C)C(C)(C)C)[C@H]1CCCC[C@@H](C(=O)O)N1. The van der Waals surface area contributed by atoms with Crippen LogP contribution in [-0.4, -0.2) is 37.6 Å². The molecule has 1 rings (SSSR count). The molecule has 4 nitrogen and oxygen atoms in total. The van der Waals surface area contributed by atoms with E-state index in [-0.39, 0.29) is 17.2 Å². The zero-order chi connectivity index (χ0) is 15.6. The molecular formula is C15H31NO3Si. The molecule has 1 heterocycles. The van der Waals surface area contributed by atoms with E-state index >= 15 is 0 Å². The monoisotopic (exact) mass is 301 g/mol. The molecule has 0 amide bonds. The van der Waals surface area contributed by atoms with E-state index in [2.05, 4.69) is 46.1 Å². The zero-order valence-corrected chi connectivity index (χ0v) is 14.8. The van der Waals surface area contributed by atoms with Crippen LogP contribution in [0, 0.1) is 0 Å². The van der Waals surface area contributed by atoms with Crippen molar-refractivity contribution < 1.29 is 14.3 Å². The van der Waals surface area contributed by atoms with Gasteiger partial charge in [-0.1, -0.05) is 33.6 Å². The van der Waals surface area contributed by atoms with Gasteiger partial charge in [0.2, 0.25) is 0 Å². The average molecular weight is 302 g/mol. The second-order valence-electron chi connectivity index (χ2n) is 7.53. The maximum Gasteiger partial charge on any atom is 0.320 e. The number of nitrogens with one attached hydrogen (secondary N) is 1. The number of aliphatic carboxylic acids is 1. The molecular weight excluding hydrogens is 270 g/mol. The minimum atomic E-state index is -1.81. The largest absolute Gasteiger partial charge is 0.480 e. The Balaban J connectivity index is 2.70. The highest BCUT2D eigenvalue weighted by molar-refractivity contribution is 6.74. The molecule has 0 saturated carbocycles. The van der Waals surface area contributed by atoms with Gasteiger partial charge in [-0.2, -0.15) is 0 Å². The Bertz CT molecular complexity index is 339. The molecule has 5 heteroatoms. The summed E-state index contributed by atoms with van der Waals surface area (Å²) in [5, 5.41) is 12.7. The maximum absolute atomic E-state index is 11.2. The van der Waals surface area contributed by atoms with Crippen LogP contribution in [0.25, 0.3) is 0 Å². The third-order valence-electron chi connectivity index (χ3n) is 4.82. The van der Waals surface area contributed by atoms with Gasteiger partial charge in [0, 0.05) is 6.04 Å². The number of rotatable bonds is 4. The summed E-state index contributed by atoms with van der Waals surface area (Å²) in [5.41, 5.74) is 0. The Morgan fingerprint density at radius 1 is 1.30 bits per heavy atom. The molecule has 0 spiro atoms. The number of hydrogen-bond donors (Lipinski definition) is 2. The van der Waals surface area contributed by atoms with E-state index in [4.69, 9.17) is 4.43 Å². The summed E-state index contributed by atoms with van der Waals surface area (Å²) in [6, 6.07) is -0.277. The first kappa shape index (κ1) is 17.7. The van der Waals surface area contributed by atoms with Gasteiger partial charge in [-0.15, -0.1) is 0 Å². The van der Waals surface area contributed by atoms with E-state index in [0.717, 1.165) is 25.7 Å². The van der Waals surface area contributed by atoms with Crippen LogP contribution in [0.5, 0.6) is 0 Å². The van der Waals surface area contributed by atoms with E-state index in [1.165, 1.54) is 0 Å². The second-order valence-corrected chi connectivity index (χ2v) is 12.3. The summed E-state index contributed by atoms with van der Waals surface area (Å²) in [6.07, 6.45) is 3.84. The van der Waals surface area contributed by atoms with Crippen molar-refractivity contribution in [2.75, 3.05) is 0 Å². The van der Waals surface area contributed by atoms with Gasteiger partial charge < -0.3 is 9.53 Å². The Hall–Kier alpha value is -0.393. The van der Waals surface area contributed by atoms with Gasteiger partial charge in [0.1, 0.15) is 6.04 Å². The molecule has 20 heavy (non-hydrogen) atoms. The molecule has 1 aliphatic rings. The van der Waals surface area contributed by atoms with Crippen molar-refractivity contribution in [1.29, 1.82) is 0 Å². The fourth-order valence-electron chi connectivity index (χ4n) is 2.43. The topological polar surface area (TPSA) is 58.6 Å². The fourth-order valence-corrected chi connectivity index (χ4v) is 3.87. The molecule has 0 aromatic rings. The van der Waals surface area contributed by atoms with E-state index in [0.29, 0.717) is 0 Å². The van der Waals surface area contributed by atoms with Crippen molar-refractivity contribution in [2.45, 2.75) is 89.7 Å². The van der Waals surface area contributed by atoms with Crippen molar-refractivity contribution in [1.82, 2.24) is 5.32 Å². The number of carbonyl (C=O) groups is 1. The molecule has 3 atom stereocenters. The molecule has 0 radical (unpaired) electrons. The lowest BCUT2D eigenvalue weighted by Gasteiger charge is -2.40. The standard InChI is InChI=1S/C15H31NO3Si/c1-11(19-20(5,6)15(2,3)4)12-9-7-8-10-13(16-12)14(17)18/h11-13,16H,7-10H2,1-6H3,(H,17,18)/t11-,12+,13-/m0/s1. The summed E-state index contributed by atoms with van der Waals surface area (Å²) >= 11 is 0. The normalized spacial score (nSPS) is 26.9. The van der Waals surface area contributed by atoms with Crippen LogP contribution in [0.2, 0.25) is 18.1 Å². The second kappa shape index (κ2) is 6.58. The van der Waals surface area contributed by atoms with Crippen LogP contribution in [0.3, 0.4) is 0 Å². The van der Waals surface area contributed by atoms with E-state index in [1.807, 2.05) is 0 Å². The van der Waals surface area contributed by atoms with Crippen molar-refractivity contribution >= 4 is 14.3 Å². The van der Waals surface area contributed by atoms with E-state index < -0.39 is 20.3 Å². The lowest BCUT2D eigenvalue weighted by atomic mass is 10.1. The molecule has 0 unspecified atom stereocenters. The predicted octanol–water partition coefficient (Wildman–Crippen LogP) is 3.38. The third kappa shape index (κ3) is 4.57. The van der Waals surface area contributed by atoms with E-state index in [1.54, 1.807) is 0 Å². The molecule has 1 saturated heterocycles. The summed E-state index contributed by atoms with van der Waals surface area (Å²) in [6.45, 7) is 13.3. The molecule has 2 N–H and O–H groups in total. The fraction of sp³-hybridized carbons (Fsp3) is 0.933. The zero-order valence-electron chi connectivity index (χ0n) is 13.8. The highest BCUT2D eigenvalue weighted by Gasteiger charge is 2.40. The molecule has 1 aliphatic heterocycles. The molecule has 0 bridgehead atoms. The van der Waals surface area contributed by atoms with Crippen LogP contribution in [-0.2, 0) is 9.22 Å². The van der Waals surface area contributed by atoms with Gasteiger partial charge in [0.15, 0.2) is 8.32 Å². The van der Waals surface area contributed by atoms with Crippen LogP contribution in [0.4, 0.5) is 0 Å². The first-order valence-electron chi connectivity index (χ1n) is 7.71. The van der Waals surface area contributed by atoms with E-state index in [9.17, 15) is 9.90 Å². The van der Waals surface area contributed by atoms with Crippen LogP contribution >= 0.6 is 0 Å². The smallest absolute Gasteiger partial charge is 0.320 e. The van der Waals surface area contributed by atoms with Gasteiger partial charge in [-0.05, 0) is 37.9 Å². The van der Waals surface area contributed by atoms with Crippen LogP contribution in [0.1, 0.15) is 53.4 Å². The third-order valence-corrected chi connectivity index (χ3v) is 9.40. The predicted molar refractivity (Wildman–Crippen MR) is 84.6 cm³/mol. The van der Waals surface area contributed by atoms with Gasteiger partial charge in [-0.3, -0.25) is 10.1 Å². The Labute approximate surface area is 124 Å². The molecule has 0 aromatic heterocycles. The molecule has 1 fully saturated rings. The van der Waals surface area contributed by atoms with Crippen LogP contribution < -0.4 is 5.32 Å². The average Bonchev–Trinajstić information content (AvgIpc) is 2.52. The Kier molecular flexibility index (Phi) is 5.81. The quantitative estimate of drug-likeness (QED) is 0.782. The summed E-state index contributed by atoms with van der Waals surface area (Å²) < 4.78 is 6.41. The van der Waals surface area contributed by atoms with Gasteiger partial charge in [0.25, 0.3) is 0 Å². The van der Waals surface area contributed by atoms with Crippen LogP contribution in [0.15, 0.2) is 0 Å². The summed E-state index contributed by atoms with van der Waals surface area (Å²) in [5.74, 6) is -0.739. The first-order valence-corrected chi connectivity index (χ1v) is 10.6. The molecule has 118 valence electrons. The Morgan fingerprint density at radius 3 is 2.35 bits per heavy atom. The number of carboxylic acids is 1. The number of hydrogen-bond acceptors (Lipinski definition) is 3. The highest BCUT2D eigenvalue weighted by Crippen LogP contribution is 2.37. The van der Waals surface area contributed by atoms with Crippen molar-refractivity contribution in [3.63, 3.8) is 0 Å². The first-order chi connectivity index (χ1) is 9.04. The maximum atomic E-state index is 11.2. The van der Waals surface area contributed by atoms with Gasteiger partial charge in [-0.25, -0.2) is 0 Å². The summed E-state index contributed by atoms with van der Waals surface area (Å²) in [7, 11) is -1.81. The Morgan fingerprint density at radius 2 is 1.85 bits per heavy atom. The minimum absolute atomic E-state index is 0.0656. The lowest BCUT2D eigenvalue weighted by Crippen LogP contribution is -2.52.